The Morgan fingerprint density at radius 2 is 1.02 bits per heavy atom. The normalized spacial score (nSPS) is 10.6. The van der Waals surface area contributed by atoms with Crippen LogP contribution in [0.1, 0.15) is 68.7 Å². The van der Waals surface area contributed by atoms with Gasteiger partial charge < -0.3 is 10.2 Å². The summed E-state index contributed by atoms with van der Waals surface area (Å²) in [5, 5.41) is 15.8. The Morgan fingerprint density at radius 3 is 1.34 bits per heavy atom. The van der Waals surface area contributed by atoms with Gasteiger partial charge in [0, 0.05) is 12.8 Å². The van der Waals surface area contributed by atoms with Crippen molar-refractivity contribution in [3.63, 3.8) is 0 Å². The summed E-state index contributed by atoms with van der Waals surface area (Å²) in [5.41, 5.74) is 11.0. The molecule has 0 saturated heterocycles. The standard InChI is InChI=1S/2C13H9.2C4H8O2.C2H4.Ti/c2*1-3-7-12-10(5-1)9-11-6-2-4-8-13(11)12;2*1-2-3-4(5)6;1-2;/h2*1-5,7-8H,9H2;2*2-3H2,1H3,(H,5,6);1H,2H3;/q2*-1;;;;+2. The van der Waals surface area contributed by atoms with E-state index in [0.29, 0.717) is 12.8 Å². The molecule has 4 nitrogen and oxygen atoms in total. The summed E-state index contributed by atoms with van der Waals surface area (Å²) in [7, 11) is 0. The molecule has 210 valence electrons. The zero-order valence-electron chi connectivity index (χ0n) is 24.1. The van der Waals surface area contributed by atoms with Gasteiger partial charge in [0.1, 0.15) is 0 Å². The van der Waals surface area contributed by atoms with Crippen LogP contribution < -0.4 is 0 Å². The number of carboxylic acid groups (broad SMARTS) is 2. The average molecular weight is 583 g/mol. The molecule has 41 heavy (non-hydrogen) atoms. The van der Waals surface area contributed by atoms with E-state index >= 15 is 0 Å². The van der Waals surface area contributed by atoms with E-state index in [2.05, 4.69) is 84.9 Å². The van der Waals surface area contributed by atoms with E-state index in [1.165, 1.54) is 44.5 Å². The fourth-order valence-corrected chi connectivity index (χ4v) is 4.42. The van der Waals surface area contributed by atoms with Gasteiger partial charge in [-0.15, -0.1) is 11.1 Å². The number of fused-ring (bicyclic) bond motifs is 6. The molecule has 2 aliphatic rings. The molecule has 0 spiro atoms. The van der Waals surface area contributed by atoms with Crippen molar-refractivity contribution in [1.82, 2.24) is 0 Å². The van der Waals surface area contributed by atoms with E-state index < -0.39 is 11.9 Å². The minimum Gasteiger partial charge on any atom is -0.179 e. The molecule has 0 atom stereocenters. The Labute approximate surface area is 256 Å². The van der Waals surface area contributed by atoms with Gasteiger partial charge in [-0.25, -0.2) is 0 Å². The second kappa shape index (κ2) is 18.7. The third-order valence-corrected chi connectivity index (χ3v) is 6.16. The first-order valence-corrected chi connectivity index (χ1v) is 14.8. The fourth-order valence-electron chi connectivity index (χ4n) is 4.42. The third-order valence-electron chi connectivity index (χ3n) is 6.16. The zero-order chi connectivity index (χ0) is 30.0. The Balaban J connectivity index is 0.000000197. The second-order valence-electron chi connectivity index (χ2n) is 9.37. The maximum Gasteiger partial charge on any atom is -0.0253 e. The summed E-state index contributed by atoms with van der Waals surface area (Å²) < 4.78 is 2.00. The van der Waals surface area contributed by atoms with Gasteiger partial charge in [-0.3, -0.25) is 9.59 Å². The quantitative estimate of drug-likeness (QED) is 0.162. The molecular weight excluding hydrogens is 544 g/mol. The third kappa shape index (κ3) is 11.1. The molecule has 0 aliphatic heterocycles. The van der Waals surface area contributed by atoms with Gasteiger partial charge in [-0.05, 0) is 25.7 Å². The molecule has 0 fully saturated rings. The van der Waals surface area contributed by atoms with Crippen LogP contribution in [0.5, 0.6) is 0 Å². The molecule has 0 amide bonds. The minimum atomic E-state index is -0.711. The van der Waals surface area contributed by atoms with Crippen molar-refractivity contribution in [2.24, 2.45) is 0 Å². The van der Waals surface area contributed by atoms with Gasteiger partial charge >= 0.3 is 43.1 Å². The van der Waals surface area contributed by atoms with Crippen LogP contribution in [-0.2, 0) is 42.4 Å². The summed E-state index contributed by atoms with van der Waals surface area (Å²) in [6.45, 7) is 5.68. The Kier molecular flexibility index (Phi) is 15.3. The number of hydrogen-bond donors (Lipinski definition) is 2. The number of carboxylic acids is 2. The summed E-state index contributed by atoms with van der Waals surface area (Å²) in [6.07, 6.45) is 4.14. The molecular formula is C36H38O4Ti. The summed E-state index contributed by atoms with van der Waals surface area (Å²) in [4.78, 5) is 19.2. The van der Waals surface area contributed by atoms with Gasteiger partial charge in [0.2, 0.25) is 0 Å². The Morgan fingerprint density at radius 1 is 0.683 bits per heavy atom. The average Bonchev–Trinajstić information content (AvgIpc) is 3.53. The number of aliphatic carboxylic acids is 2. The number of carbonyl (C=O) groups is 2. The monoisotopic (exact) mass is 582 g/mol. The van der Waals surface area contributed by atoms with Crippen molar-refractivity contribution in [1.29, 1.82) is 0 Å². The first kappa shape index (κ1) is 33.6. The van der Waals surface area contributed by atoms with E-state index in [4.69, 9.17) is 10.2 Å². The zero-order valence-corrected chi connectivity index (χ0v) is 25.7. The predicted octanol–water partition coefficient (Wildman–Crippen LogP) is 8.21. The largest absolute Gasteiger partial charge is 0.179 e. The molecule has 0 unspecified atom stereocenters. The van der Waals surface area contributed by atoms with Gasteiger partial charge in [0.25, 0.3) is 0 Å². The molecule has 5 heteroatoms. The van der Waals surface area contributed by atoms with Crippen molar-refractivity contribution >= 4 is 16.3 Å². The van der Waals surface area contributed by atoms with Gasteiger partial charge in [0.15, 0.2) is 0 Å². The molecule has 0 saturated carbocycles. The molecule has 0 aromatic heterocycles. The SMILES string of the molecule is CCCC(=O)O.CCCC(=O)O.C[CH]=[Ti+2].[c-]1cccc2c1Cc1ccccc1-2.[c-]1cccc2c1Cc1ccccc1-2. The van der Waals surface area contributed by atoms with E-state index in [1.54, 1.807) is 0 Å². The van der Waals surface area contributed by atoms with Crippen LogP contribution in [0.3, 0.4) is 0 Å². The smallest absolute Gasteiger partial charge is 0.0253 e. The molecule has 2 N–H and O–H groups in total. The minimum absolute atomic E-state index is 0.292. The number of rotatable bonds is 4. The number of benzene rings is 4. The molecule has 0 radical (unpaired) electrons. The van der Waals surface area contributed by atoms with Crippen LogP contribution in [-0.4, -0.2) is 26.5 Å². The van der Waals surface area contributed by atoms with E-state index in [0.717, 1.165) is 25.7 Å². The molecule has 6 rings (SSSR count). The van der Waals surface area contributed by atoms with Crippen LogP contribution in [0, 0.1) is 12.1 Å². The van der Waals surface area contributed by atoms with Crippen LogP contribution >= 0.6 is 0 Å². The maximum absolute atomic E-state index is 9.60. The number of hydrogen-bond acceptors (Lipinski definition) is 2. The van der Waals surface area contributed by atoms with Gasteiger partial charge in [-0.1, -0.05) is 84.6 Å². The molecule has 0 heterocycles. The van der Waals surface area contributed by atoms with Crippen molar-refractivity contribution in [2.45, 2.75) is 59.3 Å². The predicted molar refractivity (Wildman–Crippen MR) is 164 cm³/mol. The fraction of sp³-hybridized carbons (Fsp3) is 0.250. The summed E-state index contributed by atoms with van der Waals surface area (Å²) >= 11 is 2.00. The van der Waals surface area contributed by atoms with E-state index in [9.17, 15) is 9.59 Å². The van der Waals surface area contributed by atoms with Crippen molar-refractivity contribution < 1.29 is 39.8 Å². The first-order chi connectivity index (χ1) is 19.9. The van der Waals surface area contributed by atoms with Gasteiger partial charge in [-0.2, -0.15) is 59.7 Å². The van der Waals surface area contributed by atoms with Crippen molar-refractivity contribution in [3.05, 3.63) is 119 Å². The van der Waals surface area contributed by atoms with Crippen LogP contribution in [0.25, 0.3) is 22.3 Å². The van der Waals surface area contributed by atoms with Crippen LogP contribution in [0.15, 0.2) is 84.9 Å². The van der Waals surface area contributed by atoms with Crippen LogP contribution in [0.2, 0.25) is 0 Å². The Hall–Kier alpha value is -3.60. The summed E-state index contributed by atoms with van der Waals surface area (Å²) in [5.74, 6) is -1.42. The Bertz CT molecular complexity index is 1220. The van der Waals surface area contributed by atoms with Gasteiger partial charge in [0.05, 0.1) is 0 Å². The topological polar surface area (TPSA) is 74.6 Å². The van der Waals surface area contributed by atoms with E-state index in [-0.39, 0.29) is 0 Å². The van der Waals surface area contributed by atoms with E-state index in [1.807, 2.05) is 57.2 Å². The maximum atomic E-state index is 9.60. The van der Waals surface area contributed by atoms with Crippen molar-refractivity contribution in [2.75, 3.05) is 0 Å². The molecule has 4 aromatic rings. The first-order valence-electron chi connectivity index (χ1n) is 13.9. The van der Waals surface area contributed by atoms with Crippen molar-refractivity contribution in [3.8, 4) is 22.3 Å². The van der Waals surface area contributed by atoms with Crippen LogP contribution in [0.4, 0.5) is 0 Å². The molecule has 4 aromatic carbocycles. The summed E-state index contributed by atoms with van der Waals surface area (Å²) in [6, 6.07) is 36.2. The second-order valence-corrected chi connectivity index (χ2v) is 10.3. The molecule has 2 aliphatic carbocycles. The molecule has 0 bridgehead atoms.